The molecule has 0 saturated carbocycles. The van der Waals surface area contributed by atoms with Crippen molar-refractivity contribution in [3.8, 4) is 0 Å². The van der Waals surface area contributed by atoms with Crippen LogP contribution < -0.4 is 0 Å². The van der Waals surface area contributed by atoms with Gasteiger partial charge in [-0.25, -0.2) is 4.57 Å². The SMILES string of the molecule is CC/C=C\C/C=C\C/C=C\C/C=C\CCCOCC(COP(=O)(O)OCC(O)CO)OC(=O)CCCCCCCCCCCCCCCCCCCCCCCCC. The van der Waals surface area contributed by atoms with Gasteiger partial charge in [-0.3, -0.25) is 13.8 Å². The van der Waals surface area contributed by atoms with Gasteiger partial charge in [-0.05, 0) is 44.9 Å². The minimum atomic E-state index is -4.53. The predicted molar refractivity (Wildman–Crippen MR) is 242 cm³/mol. The van der Waals surface area contributed by atoms with Crippen LogP contribution in [0, 0.1) is 0 Å². The van der Waals surface area contributed by atoms with Crippen molar-refractivity contribution in [2.75, 3.05) is 33.0 Å². The van der Waals surface area contributed by atoms with Crippen LogP contribution in [0.25, 0.3) is 0 Å². The van der Waals surface area contributed by atoms with Crippen molar-refractivity contribution in [2.45, 2.75) is 219 Å². The maximum atomic E-state index is 12.6. The first-order valence-electron chi connectivity index (χ1n) is 23.6. The smallest absolute Gasteiger partial charge is 0.457 e. The topological polar surface area (TPSA) is 132 Å². The molecule has 10 heteroatoms. The van der Waals surface area contributed by atoms with E-state index in [2.05, 4.69) is 62.5 Å². The summed E-state index contributed by atoms with van der Waals surface area (Å²) in [5.74, 6) is -0.398. The Hall–Kier alpha value is -1.58. The fourth-order valence-corrected chi connectivity index (χ4v) is 7.27. The molecule has 0 aromatic rings. The van der Waals surface area contributed by atoms with E-state index in [0.717, 1.165) is 57.8 Å². The Morgan fingerprint density at radius 1 is 0.552 bits per heavy atom. The van der Waals surface area contributed by atoms with Crippen molar-refractivity contribution in [1.29, 1.82) is 0 Å². The first-order chi connectivity index (χ1) is 28.3. The highest BCUT2D eigenvalue weighted by Crippen LogP contribution is 2.43. The maximum absolute atomic E-state index is 12.6. The zero-order valence-corrected chi connectivity index (χ0v) is 38.2. The van der Waals surface area contributed by atoms with Crippen LogP contribution in [0.5, 0.6) is 0 Å². The molecule has 0 amide bonds. The predicted octanol–water partition coefficient (Wildman–Crippen LogP) is 13.4. The number of hydrogen-bond acceptors (Lipinski definition) is 8. The van der Waals surface area contributed by atoms with Crippen molar-refractivity contribution in [2.24, 2.45) is 0 Å². The van der Waals surface area contributed by atoms with Crippen LogP contribution in [-0.2, 0) is 27.9 Å². The van der Waals surface area contributed by atoms with Gasteiger partial charge >= 0.3 is 13.8 Å². The molecule has 3 atom stereocenters. The third kappa shape index (κ3) is 44.0. The van der Waals surface area contributed by atoms with E-state index in [0.29, 0.717) is 6.61 Å². The molecular weight excluding hydrogens is 751 g/mol. The minimum absolute atomic E-state index is 0.0125. The van der Waals surface area contributed by atoms with E-state index in [9.17, 15) is 19.4 Å². The van der Waals surface area contributed by atoms with E-state index in [4.69, 9.17) is 23.6 Å². The molecule has 0 aliphatic rings. The summed E-state index contributed by atoms with van der Waals surface area (Å²) in [7, 11) is -4.53. The first kappa shape index (κ1) is 56.4. The average molecular weight is 841 g/mol. The van der Waals surface area contributed by atoms with Crippen molar-refractivity contribution in [1.82, 2.24) is 0 Å². The Balaban J connectivity index is 4.09. The molecule has 0 saturated heterocycles. The summed E-state index contributed by atoms with van der Waals surface area (Å²) in [5, 5.41) is 18.4. The van der Waals surface area contributed by atoms with E-state index in [1.165, 1.54) is 128 Å². The second-order valence-electron chi connectivity index (χ2n) is 15.8. The summed E-state index contributed by atoms with van der Waals surface area (Å²) in [6, 6.07) is 0. The van der Waals surface area contributed by atoms with E-state index in [1.54, 1.807) is 0 Å². The van der Waals surface area contributed by atoms with Crippen LogP contribution in [0.3, 0.4) is 0 Å². The normalized spacial score (nSPS) is 14.4. The number of aliphatic hydroxyl groups is 2. The number of unbranched alkanes of at least 4 members (excludes halogenated alkanes) is 23. The Labute approximate surface area is 356 Å². The van der Waals surface area contributed by atoms with Crippen LogP contribution in [0.1, 0.15) is 206 Å². The van der Waals surface area contributed by atoms with Crippen LogP contribution in [0.15, 0.2) is 48.6 Å². The number of ether oxygens (including phenoxy) is 2. The van der Waals surface area contributed by atoms with Gasteiger partial charge in [0.25, 0.3) is 0 Å². The second kappa shape index (κ2) is 45.0. The number of hydrogen-bond donors (Lipinski definition) is 3. The number of rotatable bonds is 45. The Kier molecular flexibility index (Phi) is 43.7. The van der Waals surface area contributed by atoms with Crippen molar-refractivity contribution in [3.63, 3.8) is 0 Å². The molecule has 0 spiro atoms. The molecule has 0 fully saturated rings. The highest BCUT2D eigenvalue weighted by molar-refractivity contribution is 7.47. The molecule has 0 heterocycles. The molecule has 3 unspecified atom stereocenters. The lowest BCUT2D eigenvalue weighted by molar-refractivity contribution is -0.154. The van der Waals surface area contributed by atoms with Crippen LogP contribution in [0.4, 0.5) is 0 Å². The van der Waals surface area contributed by atoms with E-state index in [1.807, 2.05) is 0 Å². The van der Waals surface area contributed by atoms with Gasteiger partial charge in [0.05, 0.1) is 26.4 Å². The van der Waals surface area contributed by atoms with Gasteiger partial charge < -0.3 is 24.6 Å². The molecule has 0 aliphatic heterocycles. The number of esters is 1. The lowest BCUT2D eigenvalue weighted by atomic mass is 10.0. The van der Waals surface area contributed by atoms with Gasteiger partial charge in [0.2, 0.25) is 0 Å². The molecule has 0 aromatic heterocycles. The van der Waals surface area contributed by atoms with Gasteiger partial charge in [0.1, 0.15) is 12.2 Å². The molecule has 0 radical (unpaired) electrons. The fourth-order valence-electron chi connectivity index (χ4n) is 6.48. The van der Waals surface area contributed by atoms with Gasteiger partial charge in [0.15, 0.2) is 0 Å². The number of phosphoric acid groups is 1. The fraction of sp³-hybridized carbons (Fsp3) is 0.812. The molecular formula is C48H89O9P. The summed E-state index contributed by atoms with van der Waals surface area (Å²) in [4.78, 5) is 22.6. The van der Waals surface area contributed by atoms with Crippen molar-refractivity contribution < 1.29 is 43.0 Å². The number of aliphatic hydroxyl groups excluding tert-OH is 2. The molecule has 3 N–H and O–H groups in total. The molecule has 0 aromatic carbocycles. The quantitative estimate of drug-likeness (QED) is 0.0237. The maximum Gasteiger partial charge on any atom is 0.472 e. The molecule has 58 heavy (non-hydrogen) atoms. The van der Waals surface area contributed by atoms with E-state index >= 15 is 0 Å². The highest BCUT2D eigenvalue weighted by Gasteiger charge is 2.26. The Morgan fingerprint density at radius 2 is 0.966 bits per heavy atom. The molecule has 340 valence electrons. The van der Waals surface area contributed by atoms with Crippen molar-refractivity contribution >= 4 is 13.8 Å². The second-order valence-corrected chi connectivity index (χ2v) is 17.2. The number of allylic oxidation sites excluding steroid dienone is 8. The van der Waals surface area contributed by atoms with Gasteiger partial charge in [0, 0.05) is 13.0 Å². The summed E-state index contributed by atoms with van der Waals surface area (Å²) < 4.78 is 33.3. The third-order valence-corrected chi connectivity index (χ3v) is 11.0. The van der Waals surface area contributed by atoms with Gasteiger partial charge in [-0.1, -0.05) is 204 Å². The number of carbonyl (C=O) groups is 1. The van der Waals surface area contributed by atoms with Crippen LogP contribution >= 0.6 is 7.82 Å². The number of carbonyl (C=O) groups excluding carboxylic acids is 1. The molecule has 9 nitrogen and oxygen atoms in total. The van der Waals surface area contributed by atoms with E-state index < -0.39 is 45.8 Å². The van der Waals surface area contributed by atoms with Crippen molar-refractivity contribution in [3.05, 3.63) is 48.6 Å². The number of phosphoric ester groups is 1. The highest BCUT2D eigenvalue weighted by atomic mass is 31.2. The minimum Gasteiger partial charge on any atom is -0.457 e. The van der Waals surface area contributed by atoms with E-state index in [-0.39, 0.29) is 13.0 Å². The van der Waals surface area contributed by atoms with Gasteiger partial charge in [-0.15, -0.1) is 0 Å². The van der Waals surface area contributed by atoms with Crippen LogP contribution in [0.2, 0.25) is 0 Å². The summed E-state index contributed by atoms with van der Waals surface area (Å²) in [5.41, 5.74) is 0. The zero-order chi connectivity index (χ0) is 42.5. The van der Waals surface area contributed by atoms with Gasteiger partial charge in [-0.2, -0.15) is 0 Å². The lowest BCUT2D eigenvalue weighted by Crippen LogP contribution is -2.29. The summed E-state index contributed by atoms with van der Waals surface area (Å²) in [6.07, 6.45) is 51.0. The first-order valence-corrected chi connectivity index (χ1v) is 25.1. The Morgan fingerprint density at radius 3 is 1.41 bits per heavy atom. The largest absolute Gasteiger partial charge is 0.472 e. The molecule has 0 rings (SSSR count). The zero-order valence-electron chi connectivity index (χ0n) is 37.3. The average Bonchev–Trinajstić information content (AvgIpc) is 3.21. The standard InChI is InChI=1S/C48H89O9P/c1-3-5-7-9-11-13-15-17-19-20-21-22-23-24-25-26-27-28-30-32-34-36-38-40-48(51)57-47(45-56-58(52,53)55-43-46(50)42-49)44-54-41-39-37-35-33-31-29-18-16-14-12-10-8-6-4-2/h6,8,12,14,18,29,33,35,46-47,49-50H,3-5,7,9-11,13,15-17,19-28,30-32,34,36-45H2,1-2H3,(H,52,53)/b8-6-,14-12-,29-18-,35-33-. The third-order valence-electron chi connectivity index (χ3n) is 10.0. The summed E-state index contributed by atoms with van der Waals surface area (Å²) in [6.45, 7) is 3.28. The lowest BCUT2D eigenvalue weighted by Gasteiger charge is -2.20. The summed E-state index contributed by atoms with van der Waals surface area (Å²) >= 11 is 0. The monoisotopic (exact) mass is 841 g/mol. The Bertz CT molecular complexity index is 1040. The molecule has 0 bridgehead atoms. The van der Waals surface area contributed by atoms with Crippen LogP contribution in [-0.4, -0.2) is 66.3 Å². The molecule has 0 aliphatic carbocycles.